The summed E-state index contributed by atoms with van der Waals surface area (Å²) in [7, 11) is 0. The van der Waals surface area contributed by atoms with Gasteiger partial charge < -0.3 is 0 Å². The lowest BCUT2D eigenvalue weighted by Crippen LogP contribution is -1.86. The molecule has 1 aliphatic rings. The smallest absolute Gasteiger partial charge is 0.00994 e. The SMILES string of the molecule is CCCCC1=C(CCC)C=C(CCC)C1. The predicted molar refractivity (Wildman–Crippen MR) is 69.1 cm³/mol. The highest BCUT2D eigenvalue weighted by Crippen LogP contribution is 2.33. The van der Waals surface area contributed by atoms with Gasteiger partial charge in [0.1, 0.15) is 0 Å². The van der Waals surface area contributed by atoms with E-state index in [0.717, 1.165) is 0 Å². The fourth-order valence-electron chi connectivity index (χ4n) is 2.43. The summed E-state index contributed by atoms with van der Waals surface area (Å²) in [5.41, 5.74) is 5.11. The molecule has 0 N–H and O–H groups in total. The van der Waals surface area contributed by atoms with Crippen molar-refractivity contribution in [2.75, 3.05) is 0 Å². The van der Waals surface area contributed by atoms with Crippen LogP contribution in [0.4, 0.5) is 0 Å². The standard InChI is InChI=1S/C15H26/c1-4-7-10-15-12-13(8-5-2)11-14(15)9-6-3/h11H,4-10,12H2,1-3H3. The highest BCUT2D eigenvalue weighted by Gasteiger charge is 2.13. The van der Waals surface area contributed by atoms with Gasteiger partial charge in [-0.05, 0) is 37.7 Å². The molecule has 0 aromatic rings. The molecule has 0 atom stereocenters. The minimum Gasteiger partial charge on any atom is -0.0659 e. The molecular formula is C15H26. The van der Waals surface area contributed by atoms with Gasteiger partial charge in [-0.15, -0.1) is 0 Å². The first-order chi connectivity index (χ1) is 7.31. The molecule has 0 fully saturated rings. The number of hydrogen-bond acceptors (Lipinski definition) is 0. The first-order valence-electron chi connectivity index (χ1n) is 6.72. The Morgan fingerprint density at radius 1 is 0.933 bits per heavy atom. The van der Waals surface area contributed by atoms with E-state index >= 15 is 0 Å². The van der Waals surface area contributed by atoms with Crippen molar-refractivity contribution in [1.29, 1.82) is 0 Å². The summed E-state index contributed by atoms with van der Waals surface area (Å²) >= 11 is 0. The molecule has 1 rings (SSSR count). The van der Waals surface area contributed by atoms with E-state index in [0.29, 0.717) is 0 Å². The van der Waals surface area contributed by atoms with Gasteiger partial charge in [-0.2, -0.15) is 0 Å². The largest absolute Gasteiger partial charge is 0.0659 e. The molecule has 0 nitrogen and oxygen atoms in total. The van der Waals surface area contributed by atoms with Crippen LogP contribution in [0.15, 0.2) is 22.8 Å². The zero-order valence-corrected chi connectivity index (χ0v) is 10.7. The minimum absolute atomic E-state index is 1.29. The Labute approximate surface area is 95.5 Å². The van der Waals surface area contributed by atoms with Gasteiger partial charge in [0.15, 0.2) is 0 Å². The number of unbranched alkanes of at least 4 members (excludes halogenated alkanes) is 1. The van der Waals surface area contributed by atoms with Crippen molar-refractivity contribution >= 4 is 0 Å². The summed E-state index contributed by atoms with van der Waals surface area (Å²) in [6.45, 7) is 6.86. The highest BCUT2D eigenvalue weighted by molar-refractivity contribution is 5.39. The van der Waals surface area contributed by atoms with Crippen molar-refractivity contribution in [2.45, 2.75) is 72.1 Å². The molecule has 15 heavy (non-hydrogen) atoms. The second-order valence-corrected chi connectivity index (χ2v) is 4.71. The molecule has 0 saturated heterocycles. The Hall–Kier alpha value is -0.520. The van der Waals surface area contributed by atoms with Crippen LogP contribution < -0.4 is 0 Å². The van der Waals surface area contributed by atoms with E-state index in [1.54, 1.807) is 16.7 Å². The van der Waals surface area contributed by atoms with Crippen LogP contribution in [0.1, 0.15) is 72.1 Å². The molecule has 0 saturated carbocycles. The fourth-order valence-corrected chi connectivity index (χ4v) is 2.43. The summed E-state index contributed by atoms with van der Waals surface area (Å²) in [6.07, 6.45) is 13.0. The molecule has 86 valence electrons. The third kappa shape index (κ3) is 3.85. The lowest BCUT2D eigenvalue weighted by Gasteiger charge is -2.06. The third-order valence-corrected chi connectivity index (χ3v) is 3.20. The van der Waals surface area contributed by atoms with Crippen molar-refractivity contribution in [2.24, 2.45) is 0 Å². The van der Waals surface area contributed by atoms with E-state index in [2.05, 4.69) is 26.8 Å². The third-order valence-electron chi connectivity index (χ3n) is 3.20. The Morgan fingerprint density at radius 2 is 1.67 bits per heavy atom. The molecule has 0 bridgehead atoms. The van der Waals surface area contributed by atoms with Crippen LogP contribution in [0.2, 0.25) is 0 Å². The molecule has 0 radical (unpaired) electrons. The summed E-state index contributed by atoms with van der Waals surface area (Å²) < 4.78 is 0. The van der Waals surface area contributed by atoms with Crippen LogP contribution >= 0.6 is 0 Å². The second kappa shape index (κ2) is 6.87. The average Bonchev–Trinajstić information content (AvgIpc) is 2.59. The monoisotopic (exact) mass is 206 g/mol. The molecule has 0 aromatic carbocycles. The maximum Gasteiger partial charge on any atom is -0.00994 e. The molecular weight excluding hydrogens is 180 g/mol. The second-order valence-electron chi connectivity index (χ2n) is 4.71. The number of rotatable bonds is 7. The van der Waals surface area contributed by atoms with E-state index in [1.165, 1.54) is 51.4 Å². The molecule has 0 unspecified atom stereocenters. The normalized spacial score (nSPS) is 16.1. The molecule has 0 aliphatic heterocycles. The lowest BCUT2D eigenvalue weighted by atomic mass is 10.00. The Kier molecular flexibility index (Phi) is 5.75. The van der Waals surface area contributed by atoms with Crippen LogP contribution in [0, 0.1) is 0 Å². The zero-order chi connectivity index (χ0) is 11.1. The summed E-state index contributed by atoms with van der Waals surface area (Å²) in [5.74, 6) is 0. The van der Waals surface area contributed by atoms with Crippen molar-refractivity contribution in [1.82, 2.24) is 0 Å². The molecule has 0 spiro atoms. The van der Waals surface area contributed by atoms with Crippen molar-refractivity contribution in [3.8, 4) is 0 Å². The van der Waals surface area contributed by atoms with Crippen LogP contribution in [-0.4, -0.2) is 0 Å². The van der Waals surface area contributed by atoms with Gasteiger partial charge in [-0.1, -0.05) is 57.3 Å². The zero-order valence-electron chi connectivity index (χ0n) is 10.7. The number of allylic oxidation sites excluding steroid dienone is 4. The highest BCUT2D eigenvalue weighted by atomic mass is 14.2. The fraction of sp³-hybridized carbons (Fsp3) is 0.733. The number of hydrogen-bond donors (Lipinski definition) is 0. The van der Waals surface area contributed by atoms with Crippen LogP contribution in [-0.2, 0) is 0 Å². The minimum atomic E-state index is 1.29. The molecule has 0 aromatic heterocycles. The van der Waals surface area contributed by atoms with Gasteiger partial charge >= 0.3 is 0 Å². The van der Waals surface area contributed by atoms with Crippen LogP contribution in [0.5, 0.6) is 0 Å². The van der Waals surface area contributed by atoms with Crippen LogP contribution in [0.3, 0.4) is 0 Å². The van der Waals surface area contributed by atoms with E-state index in [4.69, 9.17) is 0 Å². The maximum atomic E-state index is 2.50. The summed E-state index contributed by atoms with van der Waals surface area (Å²) in [4.78, 5) is 0. The quantitative estimate of drug-likeness (QED) is 0.523. The summed E-state index contributed by atoms with van der Waals surface area (Å²) in [5, 5.41) is 0. The Bertz CT molecular complexity index is 243. The first-order valence-corrected chi connectivity index (χ1v) is 6.72. The van der Waals surface area contributed by atoms with E-state index in [-0.39, 0.29) is 0 Å². The molecule has 0 heteroatoms. The van der Waals surface area contributed by atoms with E-state index < -0.39 is 0 Å². The van der Waals surface area contributed by atoms with Gasteiger partial charge in [0.2, 0.25) is 0 Å². The van der Waals surface area contributed by atoms with Gasteiger partial charge in [0.25, 0.3) is 0 Å². The Morgan fingerprint density at radius 3 is 2.27 bits per heavy atom. The molecule has 0 amide bonds. The average molecular weight is 206 g/mol. The van der Waals surface area contributed by atoms with Crippen molar-refractivity contribution in [3.63, 3.8) is 0 Å². The van der Waals surface area contributed by atoms with Crippen molar-refractivity contribution < 1.29 is 0 Å². The predicted octanol–water partition coefficient (Wildman–Crippen LogP) is 5.40. The summed E-state index contributed by atoms with van der Waals surface area (Å²) in [6, 6.07) is 0. The van der Waals surface area contributed by atoms with E-state index in [9.17, 15) is 0 Å². The molecule has 1 aliphatic carbocycles. The molecule has 0 heterocycles. The van der Waals surface area contributed by atoms with Gasteiger partial charge in [-0.3, -0.25) is 0 Å². The topological polar surface area (TPSA) is 0 Å². The van der Waals surface area contributed by atoms with Gasteiger partial charge in [0.05, 0.1) is 0 Å². The van der Waals surface area contributed by atoms with Crippen LogP contribution in [0.25, 0.3) is 0 Å². The van der Waals surface area contributed by atoms with E-state index in [1.807, 2.05) is 0 Å². The van der Waals surface area contributed by atoms with Gasteiger partial charge in [-0.25, -0.2) is 0 Å². The lowest BCUT2D eigenvalue weighted by molar-refractivity contribution is 0.756. The van der Waals surface area contributed by atoms with Crippen molar-refractivity contribution in [3.05, 3.63) is 22.8 Å². The maximum absolute atomic E-state index is 2.50. The Balaban J connectivity index is 2.55. The first kappa shape index (κ1) is 12.5. The van der Waals surface area contributed by atoms with Gasteiger partial charge in [0, 0.05) is 0 Å².